The van der Waals surface area contributed by atoms with Gasteiger partial charge in [0.1, 0.15) is 4.90 Å². The Morgan fingerprint density at radius 2 is 1.88 bits per heavy atom. The van der Waals surface area contributed by atoms with Gasteiger partial charge < -0.3 is 0 Å². The minimum atomic E-state index is -3.69. The van der Waals surface area contributed by atoms with Gasteiger partial charge in [0.2, 0.25) is 10.0 Å². The Morgan fingerprint density at radius 1 is 1.31 bits per heavy atom. The van der Waals surface area contributed by atoms with E-state index in [1.165, 1.54) is 26.1 Å². The van der Waals surface area contributed by atoms with Gasteiger partial charge in [-0.1, -0.05) is 23.2 Å². The third-order valence-corrected chi connectivity index (χ3v) is 4.24. The van der Waals surface area contributed by atoms with Crippen molar-refractivity contribution in [3.63, 3.8) is 0 Å². The van der Waals surface area contributed by atoms with Crippen molar-refractivity contribution in [3.8, 4) is 0 Å². The second-order valence-corrected chi connectivity index (χ2v) is 5.64. The van der Waals surface area contributed by atoms with E-state index in [9.17, 15) is 13.2 Å². The Labute approximate surface area is 104 Å². The average molecular weight is 282 g/mol. The topological polar surface area (TPSA) is 63.2 Å². The minimum absolute atomic E-state index is 0.0136. The largest absolute Gasteiger partial charge is 0.294 e. The fourth-order valence-electron chi connectivity index (χ4n) is 1.17. The molecule has 0 aromatic heterocycles. The maximum Gasteiger partial charge on any atom is 0.241 e. The van der Waals surface area contributed by atoms with E-state index in [0.717, 1.165) is 0 Å². The first-order valence-corrected chi connectivity index (χ1v) is 6.47. The number of halogens is 2. The fourth-order valence-corrected chi connectivity index (χ4v) is 2.92. The van der Waals surface area contributed by atoms with Gasteiger partial charge in [-0.05, 0) is 26.1 Å². The highest BCUT2D eigenvalue weighted by Crippen LogP contribution is 2.31. The van der Waals surface area contributed by atoms with Crippen molar-refractivity contribution in [2.45, 2.75) is 11.8 Å². The van der Waals surface area contributed by atoms with E-state index >= 15 is 0 Å². The monoisotopic (exact) mass is 281 g/mol. The van der Waals surface area contributed by atoms with Crippen molar-refractivity contribution in [3.05, 3.63) is 27.7 Å². The number of benzene rings is 1. The van der Waals surface area contributed by atoms with E-state index in [0.29, 0.717) is 0 Å². The SMILES string of the molecule is CNS(=O)(=O)c1ccc(Cl)c(C(C)=O)c1Cl. The maximum atomic E-state index is 11.6. The molecule has 1 aromatic carbocycles. The number of ketones is 1. The van der Waals surface area contributed by atoms with Crippen LogP contribution >= 0.6 is 23.2 Å². The van der Waals surface area contributed by atoms with Crippen molar-refractivity contribution in [1.29, 1.82) is 0 Å². The van der Waals surface area contributed by atoms with E-state index in [4.69, 9.17) is 23.2 Å². The minimum Gasteiger partial charge on any atom is -0.294 e. The van der Waals surface area contributed by atoms with Crippen LogP contribution in [0.2, 0.25) is 10.0 Å². The molecule has 0 heterocycles. The van der Waals surface area contributed by atoms with Crippen LogP contribution in [0.15, 0.2) is 17.0 Å². The van der Waals surface area contributed by atoms with Crippen LogP contribution in [-0.2, 0) is 10.0 Å². The van der Waals surface area contributed by atoms with Gasteiger partial charge in [0.25, 0.3) is 0 Å². The van der Waals surface area contributed by atoms with Crippen LogP contribution in [0.3, 0.4) is 0 Å². The molecule has 0 aliphatic heterocycles. The second kappa shape index (κ2) is 4.71. The summed E-state index contributed by atoms with van der Waals surface area (Å²) in [6.45, 7) is 1.27. The lowest BCUT2D eigenvalue weighted by Gasteiger charge is -2.09. The molecule has 88 valence electrons. The Kier molecular flexibility index (Phi) is 3.96. The van der Waals surface area contributed by atoms with Crippen LogP contribution in [0.25, 0.3) is 0 Å². The normalized spacial score (nSPS) is 11.5. The molecule has 0 saturated carbocycles. The molecule has 0 saturated heterocycles. The van der Waals surface area contributed by atoms with Gasteiger partial charge in [0.05, 0.1) is 15.6 Å². The first-order valence-electron chi connectivity index (χ1n) is 4.23. The predicted octanol–water partition coefficient (Wildman–Crippen LogP) is 2.10. The van der Waals surface area contributed by atoms with Crippen LogP contribution in [0.1, 0.15) is 17.3 Å². The number of hydrogen-bond donors (Lipinski definition) is 1. The molecule has 0 aliphatic rings. The number of hydrogen-bond acceptors (Lipinski definition) is 3. The zero-order valence-electron chi connectivity index (χ0n) is 8.54. The number of Topliss-reactive ketones (excluding diaryl/α,β-unsaturated/α-hetero) is 1. The van der Waals surface area contributed by atoms with Crippen LogP contribution in [0.4, 0.5) is 0 Å². The lowest BCUT2D eigenvalue weighted by molar-refractivity contribution is 0.101. The third kappa shape index (κ3) is 2.38. The Bertz CT molecular complexity index is 540. The first-order chi connectivity index (χ1) is 7.31. The molecular formula is C9H9Cl2NO3S. The van der Waals surface area contributed by atoms with Gasteiger partial charge in [-0.15, -0.1) is 0 Å². The Balaban J connectivity index is 3.59. The molecule has 0 fully saturated rings. The molecular weight excluding hydrogens is 273 g/mol. The summed E-state index contributed by atoms with van der Waals surface area (Å²) in [4.78, 5) is 11.1. The molecule has 1 aromatic rings. The highest BCUT2D eigenvalue weighted by atomic mass is 35.5. The zero-order valence-corrected chi connectivity index (χ0v) is 10.9. The summed E-state index contributed by atoms with van der Waals surface area (Å²) in [7, 11) is -2.44. The number of nitrogens with one attached hydrogen (secondary N) is 1. The molecule has 0 bridgehead atoms. The third-order valence-electron chi connectivity index (χ3n) is 1.97. The zero-order chi connectivity index (χ0) is 12.5. The van der Waals surface area contributed by atoms with Gasteiger partial charge in [-0.2, -0.15) is 0 Å². The quantitative estimate of drug-likeness (QED) is 0.863. The van der Waals surface area contributed by atoms with Gasteiger partial charge in [0, 0.05) is 0 Å². The van der Waals surface area contributed by atoms with Crippen LogP contribution in [0.5, 0.6) is 0 Å². The second-order valence-electron chi connectivity index (χ2n) is 3.00. The number of sulfonamides is 1. The summed E-state index contributed by atoms with van der Waals surface area (Å²) < 4.78 is 25.2. The van der Waals surface area contributed by atoms with E-state index < -0.39 is 10.0 Å². The number of carbonyl (C=O) groups is 1. The van der Waals surface area contributed by atoms with Crippen molar-refractivity contribution >= 4 is 39.0 Å². The molecule has 0 spiro atoms. The summed E-state index contributed by atoms with van der Waals surface area (Å²) in [5.41, 5.74) is 0.0136. The summed E-state index contributed by atoms with van der Waals surface area (Å²) in [5, 5.41) is -0.0260. The maximum absolute atomic E-state index is 11.6. The summed E-state index contributed by atoms with van der Waals surface area (Å²) in [6.07, 6.45) is 0. The average Bonchev–Trinajstić information content (AvgIpc) is 2.16. The molecule has 7 heteroatoms. The molecule has 0 amide bonds. The molecule has 0 aliphatic carbocycles. The lowest BCUT2D eigenvalue weighted by Crippen LogP contribution is -2.19. The molecule has 16 heavy (non-hydrogen) atoms. The smallest absolute Gasteiger partial charge is 0.241 e. The van der Waals surface area contributed by atoms with Crippen molar-refractivity contribution in [2.75, 3.05) is 7.05 Å². The molecule has 4 nitrogen and oxygen atoms in total. The van der Waals surface area contributed by atoms with E-state index in [2.05, 4.69) is 4.72 Å². The summed E-state index contributed by atoms with van der Waals surface area (Å²) in [6, 6.07) is 2.58. The van der Waals surface area contributed by atoms with Crippen molar-refractivity contribution < 1.29 is 13.2 Å². The van der Waals surface area contributed by atoms with E-state index in [1.54, 1.807) is 0 Å². The molecule has 0 radical (unpaired) electrons. The number of carbonyl (C=O) groups excluding carboxylic acids is 1. The van der Waals surface area contributed by atoms with Crippen LogP contribution in [-0.4, -0.2) is 21.2 Å². The van der Waals surface area contributed by atoms with Gasteiger partial charge in [-0.3, -0.25) is 4.79 Å². The van der Waals surface area contributed by atoms with Gasteiger partial charge in [0.15, 0.2) is 5.78 Å². The highest BCUT2D eigenvalue weighted by Gasteiger charge is 2.21. The van der Waals surface area contributed by atoms with Crippen molar-refractivity contribution in [1.82, 2.24) is 4.72 Å². The standard InChI is InChI=1S/C9H9Cl2NO3S/c1-5(13)8-6(10)3-4-7(9(8)11)16(14,15)12-2/h3-4,12H,1-2H3. The molecule has 1 N–H and O–H groups in total. The lowest BCUT2D eigenvalue weighted by atomic mass is 10.1. The van der Waals surface area contributed by atoms with Crippen molar-refractivity contribution in [2.24, 2.45) is 0 Å². The molecule has 0 unspecified atom stereocenters. The van der Waals surface area contributed by atoms with E-state index in [1.807, 2.05) is 0 Å². The Morgan fingerprint density at radius 3 is 2.31 bits per heavy atom. The van der Waals surface area contributed by atoms with Crippen LogP contribution < -0.4 is 4.72 Å². The van der Waals surface area contributed by atoms with Crippen LogP contribution in [0, 0.1) is 0 Å². The predicted molar refractivity (Wildman–Crippen MR) is 62.7 cm³/mol. The Hall–Kier alpha value is -0.620. The number of rotatable bonds is 3. The first kappa shape index (κ1) is 13.4. The van der Waals surface area contributed by atoms with E-state index in [-0.39, 0.29) is 26.3 Å². The van der Waals surface area contributed by atoms with Gasteiger partial charge in [-0.25, -0.2) is 13.1 Å². The highest BCUT2D eigenvalue weighted by molar-refractivity contribution is 7.89. The molecule has 1 rings (SSSR count). The van der Waals surface area contributed by atoms with Gasteiger partial charge >= 0.3 is 0 Å². The fraction of sp³-hybridized carbons (Fsp3) is 0.222. The summed E-state index contributed by atoms with van der Waals surface area (Å²) >= 11 is 11.6. The molecule has 0 atom stereocenters. The summed E-state index contributed by atoms with van der Waals surface area (Å²) in [5.74, 6) is -0.386.